The second-order valence-electron chi connectivity index (χ2n) is 4.56. The zero-order valence-corrected chi connectivity index (χ0v) is 11.5. The number of carbonyl (C=O) groups is 2. The van der Waals surface area contributed by atoms with E-state index in [0.717, 1.165) is 25.1 Å². The van der Waals surface area contributed by atoms with Gasteiger partial charge in [-0.1, -0.05) is 0 Å². The van der Waals surface area contributed by atoms with Crippen LogP contribution in [-0.2, 0) is 20.7 Å². The Bertz CT molecular complexity index is 588. The molecule has 0 aliphatic carbocycles. The molecule has 0 spiro atoms. The minimum atomic E-state index is -2.03. The third kappa shape index (κ3) is 3.53. The van der Waals surface area contributed by atoms with Gasteiger partial charge in [0.05, 0.1) is 11.5 Å². The van der Waals surface area contributed by atoms with Crippen LogP contribution in [0, 0.1) is 21.3 Å². The smallest absolute Gasteiger partial charge is 0.323 e. The molecule has 0 radical (unpaired) electrons. The normalized spacial score (nSPS) is 13.3. The average molecular weight is 299 g/mol. The zero-order valence-electron chi connectivity index (χ0n) is 11.5. The number of esters is 1. The van der Waals surface area contributed by atoms with E-state index in [9.17, 15) is 29.2 Å². The van der Waals surface area contributed by atoms with Crippen LogP contribution in [0.3, 0.4) is 0 Å². The summed E-state index contributed by atoms with van der Waals surface area (Å²) in [5, 5.41) is 20.1. The molecule has 0 saturated carbocycles. The largest absolute Gasteiger partial charge is 0.480 e. The molecule has 1 N–H and O–H groups in total. The van der Waals surface area contributed by atoms with Gasteiger partial charge in [-0.05, 0) is 26.0 Å². The summed E-state index contributed by atoms with van der Waals surface area (Å²) in [5.74, 6) is -3.29. The van der Waals surface area contributed by atoms with Crippen molar-refractivity contribution in [2.45, 2.75) is 20.3 Å². The van der Waals surface area contributed by atoms with Gasteiger partial charge in [-0.25, -0.2) is 4.39 Å². The van der Waals surface area contributed by atoms with Crippen molar-refractivity contribution < 1.29 is 28.7 Å². The molecule has 0 aliphatic rings. The van der Waals surface area contributed by atoms with Crippen LogP contribution in [0.25, 0.3) is 0 Å². The van der Waals surface area contributed by atoms with Gasteiger partial charge in [-0.2, -0.15) is 0 Å². The summed E-state index contributed by atoms with van der Waals surface area (Å²) < 4.78 is 17.9. The predicted molar refractivity (Wildman–Crippen MR) is 69.1 cm³/mol. The fourth-order valence-corrected chi connectivity index (χ4v) is 1.78. The van der Waals surface area contributed by atoms with Crippen LogP contribution in [0.5, 0.6) is 0 Å². The molecule has 21 heavy (non-hydrogen) atoms. The topological polar surface area (TPSA) is 107 Å². The van der Waals surface area contributed by atoms with E-state index >= 15 is 0 Å². The molecule has 1 atom stereocenters. The lowest BCUT2D eigenvalue weighted by molar-refractivity contribution is -0.385. The van der Waals surface area contributed by atoms with Crippen molar-refractivity contribution in [2.75, 3.05) is 6.61 Å². The highest BCUT2D eigenvalue weighted by Crippen LogP contribution is 2.30. The van der Waals surface area contributed by atoms with E-state index < -0.39 is 40.2 Å². The van der Waals surface area contributed by atoms with Gasteiger partial charge in [-0.3, -0.25) is 19.7 Å². The summed E-state index contributed by atoms with van der Waals surface area (Å²) in [6, 6.07) is 2.67. The number of carbonyl (C=O) groups excluding carboxylic acids is 1. The maximum Gasteiger partial charge on any atom is 0.323 e. The van der Waals surface area contributed by atoms with Crippen LogP contribution < -0.4 is 0 Å². The molecular weight excluding hydrogens is 285 g/mol. The molecule has 1 aromatic rings. The monoisotopic (exact) mass is 299 g/mol. The Labute approximate surface area is 119 Å². The first-order valence-electron chi connectivity index (χ1n) is 6.05. The molecule has 0 fully saturated rings. The van der Waals surface area contributed by atoms with Gasteiger partial charge in [0.25, 0.3) is 5.69 Å². The lowest BCUT2D eigenvalue weighted by Gasteiger charge is -2.22. The summed E-state index contributed by atoms with van der Waals surface area (Å²) in [6.45, 7) is 2.56. The van der Waals surface area contributed by atoms with E-state index in [4.69, 9.17) is 0 Å². The van der Waals surface area contributed by atoms with E-state index in [2.05, 4.69) is 4.74 Å². The number of carboxylic acid groups (broad SMARTS) is 1. The minimum Gasteiger partial charge on any atom is -0.480 e. The van der Waals surface area contributed by atoms with Gasteiger partial charge < -0.3 is 9.84 Å². The SMILES string of the molecule is CCOC(=O)C(C)(Cc1cc(F)ccc1[N+](=O)[O-])C(=O)O. The third-order valence-corrected chi connectivity index (χ3v) is 2.98. The van der Waals surface area contributed by atoms with Crippen LogP contribution in [-0.4, -0.2) is 28.6 Å². The molecule has 8 heteroatoms. The third-order valence-electron chi connectivity index (χ3n) is 2.98. The number of benzene rings is 1. The highest BCUT2D eigenvalue weighted by molar-refractivity contribution is 5.99. The maximum absolute atomic E-state index is 13.2. The minimum absolute atomic E-state index is 0.0348. The highest BCUT2D eigenvalue weighted by Gasteiger charge is 2.44. The second-order valence-corrected chi connectivity index (χ2v) is 4.56. The molecule has 1 aromatic carbocycles. The van der Waals surface area contributed by atoms with Crippen molar-refractivity contribution in [1.82, 2.24) is 0 Å². The lowest BCUT2D eigenvalue weighted by Crippen LogP contribution is -2.40. The summed E-state index contributed by atoms with van der Waals surface area (Å²) in [6.07, 6.45) is -0.546. The van der Waals surface area contributed by atoms with E-state index in [0.29, 0.717) is 0 Å². The summed E-state index contributed by atoms with van der Waals surface area (Å²) in [5.41, 5.74) is -2.67. The van der Waals surface area contributed by atoms with Gasteiger partial charge in [0.2, 0.25) is 0 Å². The molecule has 0 aliphatic heterocycles. The summed E-state index contributed by atoms with van der Waals surface area (Å²) >= 11 is 0. The van der Waals surface area contributed by atoms with Crippen LogP contribution in [0.4, 0.5) is 10.1 Å². The van der Waals surface area contributed by atoms with E-state index in [1.54, 1.807) is 0 Å². The molecule has 1 rings (SSSR count). The molecule has 0 amide bonds. The maximum atomic E-state index is 13.2. The van der Waals surface area contributed by atoms with Crippen LogP contribution in [0.2, 0.25) is 0 Å². The number of rotatable bonds is 6. The first-order valence-corrected chi connectivity index (χ1v) is 6.05. The number of nitro groups is 1. The zero-order chi connectivity index (χ0) is 16.2. The van der Waals surface area contributed by atoms with Crippen molar-refractivity contribution in [3.8, 4) is 0 Å². The van der Waals surface area contributed by atoms with Gasteiger partial charge >= 0.3 is 11.9 Å². The van der Waals surface area contributed by atoms with E-state index in [1.165, 1.54) is 6.92 Å². The van der Waals surface area contributed by atoms with Crippen molar-refractivity contribution in [1.29, 1.82) is 0 Å². The number of aliphatic carboxylic acids is 1. The number of carboxylic acids is 1. The van der Waals surface area contributed by atoms with Crippen molar-refractivity contribution >= 4 is 17.6 Å². The first-order chi connectivity index (χ1) is 9.72. The molecule has 114 valence electrons. The summed E-state index contributed by atoms with van der Waals surface area (Å²) in [4.78, 5) is 33.3. The fraction of sp³-hybridized carbons (Fsp3) is 0.385. The molecule has 0 aromatic heterocycles. The number of nitro benzene ring substituents is 1. The molecule has 7 nitrogen and oxygen atoms in total. The first kappa shape index (κ1) is 16.5. The van der Waals surface area contributed by atoms with Gasteiger partial charge in [0, 0.05) is 18.1 Å². The number of ether oxygens (including phenoxy) is 1. The van der Waals surface area contributed by atoms with E-state index in [-0.39, 0.29) is 12.2 Å². The van der Waals surface area contributed by atoms with Crippen LogP contribution >= 0.6 is 0 Å². The van der Waals surface area contributed by atoms with E-state index in [1.807, 2.05) is 0 Å². The Kier molecular flexibility index (Phi) is 4.96. The predicted octanol–water partition coefficient (Wildman–Crippen LogP) is 1.93. The number of hydrogen-bond donors (Lipinski definition) is 1. The average Bonchev–Trinajstić information content (AvgIpc) is 2.38. The Morgan fingerprint density at radius 1 is 1.48 bits per heavy atom. The van der Waals surface area contributed by atoms with Gasteiger partial charge in [0.1, 0.15) is 5.82 Å². The molecule has 0 saturated heterocycles. The second kappa shape index (κ2) is 6.29. The molecule has 0 heterocycles. The lowest BCUT2D eigenvalue weighted by atomic mass is 9.83. The standard InChI is InChI=1S/C13H14FNO6/c1-3-21-12(18)13(2,11(16)17)7-8-6-9(14)4-5-10(8)15(19)20/h4-6H,3,7H2,1-2H3,(H,16,17). The number of nitrogens with zero attached hydrogens (tertiary/aromatic N) is 1. The van der Waals surface area contributed by atoms with Crippen molar-refractivity contribution in [3.63, 3.8) is 0 Å². The Morgan fingerprint density at radius 3 is 2.57 bits per heavy atom. The van der Waals surface area contributed by atoms with Crippen molar-refractivity contribution in [3.05, 3.63) is 39.7 Å². The van der Waals surface area contributed by atoms with Gasteiger partial charge in [-0.15, -0.1) is 0 Å². The van der Waals surface area contributed by atoms with Crippen LogP contribution in [0.1, 0.15) is 19.4 Å². The van der Waals surface area contributed by atoms with Crippen LogP contribution in [0.15, 0.2) is 18.2 Å². The Hall–Kier alpha value is -2.51. The molecular formula is C13H14FNO6. The number of halogens is 1. The van der Waals surface area contributed by atoms with Gasteiger partial charge in [0.15, 0.2) is 5.41 Å². The number of hydrogen-bond acceptors (Lipinski definition) is 5. The fourth-order valence-electron chi connectivity index (χ4n) is 1.78. The molecule has 1 unspecified atom stereocenters. The summed E-state index contributed by atoms with van der Waals surface area (Å²) in [7, 11) is 0. The quantitative estimate of drug-likeness (QED) is 0.372. The Morgan fingerprint density at radius 2 is 2.10 bits per heavy atom. The molecule has 0 bridgehead atoms. The highest BCUT2D eigenvalue weighted by atomic mass is 19.1. The van der Waals surface area contributed by atoms with Crippen molar-refractivity contribution in [2.24, 2.45) is 5.41 Å². The Balaban J connectivity index is 3.27.